The molecule has 9 heteroatoms. The van der Waals surface area contributed by atoms with Crippen LogP contribution >= 0.6 is 15.9 Å². The highest BCUT2D eigenvalue weighted by atomic mass is 79.9. The lowest BCUT2D eigenvalue weighted by atomic mass is 10.0. The van der Waals surface area contributed by atoms with Gasteiger partial charge in [-0.1, -0.05) is 67.0 Å². The van der Waals surface area contributed by atoms with Crippen molar-refractivity contribution >= 4 is 43.5 Å². The molecule has 1 N–H and O–H groups in total. The van der Waals surface area contributed by atoms with Crippen LogP contribution in [0.15, 0.2) is 53.0 Å². The molecule has 0 aliphatic heterocycles. The SMILES string of the molecule is CC[C@H](C)NC(=O)[C@@H](C)N(Cc1cccc(Br)c1)C(=O)CN(c1ccccc1C(C)C)S(C)(=O)=O. The first kappa shape index (κ1) is 28.8. The normalized spacial score (nSPS) is 13.3. The molecule has 0 bridgehead atoms. The van der Waals surface area contributed by atoms with Gasteiger partial charge in [0.15, 0.2) is 0 Å². The number of halogens is 1. The first-order valence-corrected chi connectivity index (χ1v) is 14.4. The van der Waals surface area contributed by atoms with Crippen molar-refractivity contribution in [1.82, 2.24) is 10.2 Å². The summed E-state index contributed by atoms with van der Waals surface area (Å²) in [7, 11) is -3.77. The molecule has 2 atom stereocenters. The maximum absolute atomic E-state index is 13.7. The summed E-state index contributed by atoms with van der Waals surface area (Å²) in [5, 5.41) is 2.93. The van der Waals surface area contributed by atoms with Crippen LogP contribution in [0.1, 0.15) is 58.1 Å². The Balaban J connectivity index is 2.45. The van der Waals surface area contributed by atoms with Crippen molar-refractivity contribution in [2.24, 2.45) is 0 Å². The van der Waals surface area contributed by atoms with Gasteiger partial charge in [0.25, 0.3) is 0 Å². The number of carbonyl (C=O) groups is 2. The lowest BCUT2D eigenvalue weighted by Gasteiger charge is -2.32. The van der Waals surface area contributed by atoms with Crippen LogP contribution < -0.4 is 9.62 Å². The standard InChI is InChI=1S/C26H36BrN3O4S/c1-7-19(4)28-26(32)20(5)29(16-21-11-10-12-22(27)15-21)25(31)17-30(35(6,33)34)24-14-9-8-13-23(24)18(2)3/h8-15,18-20H,7,16-17H2,1-6H3,(H,28,32)/t19-,20+/m0/s1. The maximum atomic E-state index is 13.7. The van der Waals surface area contributed by atoms with Gasteiger partial charge < -0.3 is 10.2 Å². The number of amides is 2. The molecule has 2 aromatic rings. The van der Waals surface area contributed by atoms with E-state index < -0.39 is 28.5 Å². The number of rotatable bonds is 11. The number of carbonyl (C=O) groups excluding carboxylic acids is 2. The van der Waals surface area contributed by atoms with Crippen molar-refractivity contribution in [3.8, 4) is 0 Å². The molecule has 7 nitrogen and oxygen atoms in total. The van der Waals surface area contributed by atoms with Crippen molar-refractivity contribution in [2.75, 3.05) is 17.1 Å². The zero-order chi connectivity index (χ0) is 26.3. The van der Waals surface area contributed by atoms with Gasteiger partial charge in [0.1, 0.15) is 12.6 Å². The molecule has 0 unspecified atom stereocenters. The van der Waals surface area contributed by atoms with Gasteiger partial charge in [-0.3, -0.25) is 13.9 Å². The average Bonchev–Trinajstić information content (AvgIpc) is 2.79. The quantitative estimate of drug-likeness (QED) is 0.429. The Hall–Kier alpha value is -2.39. The predicted octanol–water partition coefficient (Wildman–Crippen LogP) is 4.67. The molecule has 0 fully saturated rings. The molecule has 0 aromatic heterocycles. The number of anilines is 1. The third-order valence-electron chi connectivity index (χ3n) is 5.92. The van der Waals surface area contributed by atoms with Gasteiger partial charge in [-0.25, -0.2) is 8.42 Å². The van der Waals surface area contributed by atoms with Crippen molar-refractivity contribution in [2.45, 2.75) is 65.6 Å². The van der Waals surface area contributed by atoms with E-state index in [-0.39, 0.29) is 24.4 Å². The van der Waals surface area contributed by atoms with E-state index in [2.05, 4.69) is 21.2 Å². The van der Waals surface area contributed by atoms with Gasteiger partial charge in [0, 0.05) is 17.1 Å². The first-order chi connectivity index (χ1) is 16.3. The van der Waals surface area contributed by atoms with Crippen LogP contribution in [0.2, 0.25) is 0 Å². The van der Waals surface area contributed by atoms with Crippen molar-refractivity contribution in [3.63, 3.8) is 0 Å². The van der Waals surface area contributed by atoms with Gasteiger partial charge in [0.05, 0.1) is 11.9 Å². The Bertz CT molecular complexity index is 1140. The van der Waals surface area contributed by atoms with Crippen LogP contribution in [-0.4, -0.2) is 50.0 Å². The van der Waals surface area contributed by atoms with E-state index >= 15 is 0 Å². The lowest BCUT2D eigenvalue weighted by molar-refractivity contribution is -0.139. The summed E-state index contributed by atoms with van der Waals surface area (Å²) in [6.45, 7) is 9.24. The first-order valence-electron chi connectivity index (χ1n) is 11.8. The van der Waals surface area contributed by atoms with E-state index in [0.29, 0.717) is 5.69 Å². The molecule has 2 amide bonds. The third-order valence-corrected chi connectivity index (χ3v) is 7.54. The van der Waals surface area contributed by atoms with Crippen LogP contribution in [0.25, 0.3) is 0 Å². The highest BCUT2D eigenvalue weighted by Gasteiger charge is 2.31. The largest absolute Gasteiger partial charge is 0.352 e. The molecule has 2 rings (SSSR count). The average molecular weight is 567 g/mol. The summed E-state index contributed by atoms with van der Waals surface area (Å²) in [5.74, 6) is -0.680. The summed E-state index contributed by atoms with van der Waals surface area (Å²) in [6.07, 6.45) is 1.85. The van der Waals surface area contributed by atoms with E-state index in [1.54, 1.807) is 19.1 Å². The second-order valence-corrected chi connectivity index (χ2v) is 12.0. The summed E-state index contributed by atoms with van der Waals surface area (Å²) in [6, 6.07) is 13.8. The van der Waals surface area contributed by atoms with E-state index in [1.807, 2.05) is 64.1 Å². The molecule has 0 radical (unpaired) electrons. The van der Waals surface area contributed by atoms with Gasteiger partial charge in [-0.2, -0.15) is 0 Å². The van der Waals surface area contributed by atoms with E-state index in [0.717, 1.165) is 32.6 Å². The highest BCUT2D eigenvalue weighted by molar-refractivity contribution is 9.10. The molecule has 0 aliphatic carbocycles. The molecule has 0 aliphatic rings. The van der Waals surface area contributed by atoms with Crippen LogP contribution in [0.3, 0.4) is 0 Å². The molecule has 0 saturated carbocycles. The summed E-state index contributed by atoms with van der Waals surface area (Å²) < 4.78 is 27.6. The number of benzene rings is 2. The Kier molecular flexibility index (Phi) is 10.3. The van der Waals surface area contributed by atoms with Gasteiger partial charge in [-0.05, 0) is 55.5 Å². The fourth-order valence-corrected chi connectivity index (χ4v) is 4.99. The second kappa shape index (κ2) is 12.5. The molecule has 0 heterocycles. The second-order valence-electron chi connectivity index (χ2n) is 9.13. The fraction of sp³-hybridized carbons (Fsp3) is 0.462. The minimum absolute atomic E-state index is 0.0433. The number of hydrogen-bond donors (Lipinski definition) is 1. The number of nitrogens with zero attached hydrogens (tertiary/aromatic N) is 2. The Morgan fingerprint density at radius 1 is 1.03 bits per heavy atom. The number of hydrogen-bond acceptors (Lipinski definition) is 4. The maximum Gasteiger partial charge on any atom is 0.244 e. The zero-order valence-corrected chi connectivity index (χ0v) is 23.7. The van der Waals surface area contributed by atoms with Crippen LogP contribution in [-0.2, 0) is 26.2 Å². The zero-order valence-electron chi connectivity index (χ0n) is 21.3. The molecular formula is C26H36BrN3O4S. The van der Waals surface area contributed by atoms with Crippen LogP contribution in [0.4, 0.5) is 5.69 Å². The summed E-state index contributed by atoms with van der Waals surface area (Å²) in [4.78, 5) is 28.1. The molecule has 2 aromatic carbocycles. The number of nitrogens with one attached hydrogen (secondary N) is 1. The van der Waals surface area contributed by atoms with Crippen molar-refractivity contribution < 1.29 is 18.0 Å². The summed E-state index contributed by atoms with van der Waals surface area (Å²) in [5.41, 5.74) is 2.12. The Morgan fingerprint density at radius 2 is 1.69 bits per heavy atom. The summed E-state index contributed by atoms with van der Waals surface area (Å²) >= 11 is 3.45. The van der Waals surface area contributed by atoms with E-state index in [4.69, 9.17) is 0 Å². The van der Waals surface area contributed by atoms with Crippen LogP contribution in [0.5, 0.6) is 0 Å². The van der Waals surface area contributed by atoms with Crippen LogP contribution in [0, 0.1) is 0 Å². The van der Waals surface area contributed by atoms with E-state index in [9.17, 15) is 18.0 Å². The smallest absolute Gasteiger partial charge is 0.244 e. The monoisotopic (exact) mass is 565 g/mol. The lowest BCUT2D eigenvalue weighted by Crippen LogP contribution is -2.52. The van der Waals surface area contributed by atoms with Crippen molar-refractivity contribution in [3.05, 3.63) is 64.1 Å². The molecule has 192 valence electrons. The Morgan fingerprint density at radius 3 is 2.26 bits per heavy atom. The molecule has 0 spiro atoms. The number of para-hydroxylation sites is 1. The highest BCUT2D eigenvalue weighted by Crippen LogP contribution is 2.29. The molecule has 35 heavy (non-hydrogen) atoms. The Labute approximate surface area is 218 Å². The van der Waals surface area contributed by atoms with Gasteiger partial charge in [0.2, 0.25) is 21.8 Å². The van der Waals surface area contributed by atoms with Crippen molar-refractivity contribution in [1.29, 1.82) is 0 Å². The minimum Gasteiger partial charge on any atom is -0.352 e. The third kappa shape index (κ3) is 8.07. The minimum atomic E-state index is -3.77. The fourth-order valence-electron chi connectivity index (χ4n) is 3.68. The number of sulfonamides is 1. The topological polar surface area (TPSA) is 86.8 Å². The molecule has 0 saturated heterocycles. The van der Waals surface area contributed by atoms with E-state index in [1.165, 1.54) is 4.90 Å². The van der Waals surface area contributed by atoms with Gasteiger partial charge >= 0.3 is 0 Å². The molecular weight excluding hydrogens is 530 g/mol. The predicted molar refractivity (Wildman–Crippen MR) is 145 cm³/mol. The van der Waals surface area contributed by atoms with Gasteiger partial charge in [-0.15, -0.1) is 0 Å².